The third kappa shape index (κ3) is 5.80. The molecular weight excluding hydrogens is 424 g/mol. The summed E-state index contributed by atoms with van der Waals surface area (Å²) in [7, 11) is 0. The second kappa shape index (κ2) is 9.75. The third-order valence-electron chi connectivity index (χ3n) is 4.96. The normalized spacial score (nSPS) is 17.5. The SMILES string of the molecule is CCOc1ccnc(Nc2ccc(C)c(C(=O)N3CC(F)(F)CCC3COC(N)=O)n2)c1. The maximum absolute atomic E-state index is 14.1. The molecule has 0 aromatic carbocycles. The van der Waals surface area contributed by atoms with Crippen molar-refractivity contribution in [3.63, 3.8) is 0 Å². The molecule has 0 spiro atoms. The molecule has 3 rings (SSSR count). The number of nitrogens with one attached hydrogen (secondary N) is 1. The Labute approximate surface area is 183 Å². The zero-order chi connectivity index (χ0) is 23.3. The molecule has 0 radical (unpaired) electrons. The Morgan fingerprint density at radius 1 is 1.31 bits per heavy atom. The van der Waals surface area contributed by atoms with E-state index in [-0.39, 0.29) is 18.7 Å². The van der Waals surface area contributed by atoms with E-state index in [1.165, 1.54) is 0 Å². The number of likely N-dealkylation sites (tertiary alicyclic amines) is 1. The molecule has 3 N–H and O–H groups in total. The number of hydrogen-bond donors (Lipinski definition) is 2. The molecule has 1 saturated heterocycles. The maximum atomic E-state index is 14.1. The number of pyridine rings is 2. The van der Waals surface area contributed by atoms with Crippen molar-refractivity contribution in [3.8, 4) is 5.75 Å². The highest BCUT2D eigenvalue weighted by atomic mass is 19.3. The van der Waals surface area contributed by atoms with Gasteiger partial charge in [-0.15, -0.1) is 0 Å². The van der Waals surface area contributed by atoms with Gasteiger partial charge in [-0.3, -0.25) is 4.79 Å². The Morgan fingerprint density at radius 3 is 2.81 bits per heavy atom. The zero-order valence-electron chi connectivity index (χ0n) is 17.8. The second-order valence-corrected chi connectivity index (χ2v) is 7.41. The fourth-order valence-corrected chi connectivity index (χ4v) is 3.40. The van der Waals surface area contributed by atoms with Gasteiger partial charge in [0.25, 0.3) is 11.8 Å². The molecule has 1 fully saturated rings. The molecule has 1 aliphatic heterocycles. The van der Waals surface area contributed by atoms with Gasteiger partial charge >= 0.3 is 6.09 Å². The van der Waals surface area contributed by atoms with Crippen LogP contribution in [0.4, 0.5) is 25.2 Å². The van der Waals surface area contributed by atoms with Gasteiger partial charge in [0.2, 0.25) is 0 Å². The standard InChI is InChI=1S/C21H25F2N5O4/c1-3-31-15-7-9-25-17(10-15)26-16-5-4-13(2)18(27-16)19(29)28-12-21(22,23)8-6-14(28)11-32-20(24)30/h4-5,7,9-10,14H,3,6,8,11-12H2,1-2H3,(H2,24,30)(H,25,26,27). The van der Waals surface area contributed by atoms with Gasteiger partial charge in [-0.05, 0) is 38.0 Å². The van der Waals surface area contributed by atoms with Crippen molar-refractivity contribution in [1.29, 1.82) is 0 Å². The number of primary amides is 1. The molecule has 0 aliphatic carbocycles. The summed E-state index contributed by atoms with van der Waals surface area (Å²) in [5.74, 6) is -2.36. The van der Waals surface area contributed by atoms with Crippen LogP contribution in [0.5, 0.6) is 5.75 Å². The number of halogens is 2. The molecule has 1 unspecified atom stereocenters. The lowest BCUT2D eigenvalue weighted by Crippen LogP contribution is -2.53. The Morgan fingerprint density at radius 2 is 2.09 bits per heavy atom. The molecule has 2 amide bonds. The van der Waals surface area contributed by atoms with Crippen LogP contribution in [0.3, 0.4) is 0 Å². The van der Waals surface area contributed by atoms with Gasteiger partial charge in [0.05, 0.1) is 19.2 Å². The predicted molar refractivity (Wildman–Crippen MR) is 112 cm³/mol. The first kappa shape index (κ1) is 23.2. The Bertz CT molecular complexity index is 988. The minimum absolute atomic E-state index is 0.0118. The smallest absolute Gasteiger partial charge is 0.404 e. The number of carbonyl (C=O) groups is 2. The number of aryl methyl sites for hydroxylation is 1. The molecule has 3 heterocycles. The van der Waals surface area contributed by atoms with Gasteiger partial charge in [-0.1, -0.05) is 6.07 Å². The van der Waals surface area contributed by atoms with Gasteiger partial charge in [0.15, 0.2) is 0 Å². The summed E-state index contributed by atoms with van der Waals surface area (Å²) in [6.07, 6.45) is 0.0838. The van der Waals surface area contributed by atoms with Crippen LogP contribution >= 0.6 is 0 Å². The van der Waals surface area contributed by atoms with Crippen molar-refractivity contribution in [2.45, 2.75) is 38.7 Å². The van der Waals surface area contributed by atoms with Gasteiger partial charge < -0.3 is 25.4 Å². The van der Waals surface area contributed by atoms with E-state index in [4.69, 9.17) is 15.2 Å². The predicted octanol–water partition coefficient (Wildman–Crippen LogP) is 3.26. The summed E-state index contributed by atoms with van der Waals surface area (Å²) >= 11 is 0. The van der Waals surface area contributed by atoms with Crippen LogP contribution in [0.15, 0.2) is 30.5 Å². The summed E-state index contributed by atoms with van der Waals surface area (Å²) in [6, 6.07) is 5.97. The molecule has 0 bridgehead atoms. The van der Waals surface area contributed by atoms with E-state index < -0.39 is 36.9 Å². The average Bonchev–Trinajstić information content (AvgIpc) is 2.74. The third-order valence-corrected chi connectivity index (χ3v) is 4.96. The number of anilines is 2. The minimum Gasteiger partial charge on any atom is -0.494 e. The number of ether oxygens (including phenoxy) is 2. The summed E-state index contributed by atoms with van der Waals surface area (Å²) < 4.78 is 38.4. The second-order valence-electron chi connectivity index (χ2n) is 7.41. The quantitative estimate of drug-likeness (QED) is 0.666. The van der Waals surface area contributed by atoms with Crippen LogP contribution in [0.25, 0.3) is 0 Å². The minimum atomic E-state index is -3.05. The van der Waals surface area contributed by atoms with E-state index in [2.05, 4.69) is 15.3 Å². The Balaban J connectivity index is 1.84. The van der Waals surface area contributed by atoms with E-state index in [0.717, 1.165) is 4.90 Å². The molecule has 9 nitrogen and oxygen atoms in total. The molecule has 172 valence electrons. The molecule has 1 atom stereocenters. The zero-order valence-corrected chi connectivity index (χ0v) is 17.8. The van der Waals surface area contributed by atoms with Crippen molar-refractivity contribution in [2.24, 2.45) is 5.73 Å². The first-order valence-corrected chi connectivity index (χ1v) is 10.1. The van der Waals surface area contributed by atoms with E-state index in [9.17, 15) is 18.4 Å². The maximum Gasteiger partial charge on any atom is 0.404 e. The first-order valence-electron chi connectivity index (χ1n) is 10.1. The average molecular weight is 449 g/mol. The molecule has 2 aromatic rings. The summed E-state index contributed by atoms with van der Waals surface area (Å²) in [4.78, 5) is 33.7. The molecule has 1 aliphatic rings. The number of nitrogens with zero attached hydrogens (tertiary/aromatic N) is 3. The molecule has 32 heavy (non-hydrogen) atoms. The molecule has 11 heteroatoms. The van der Waals surface area contributed by atoms with Crippen molar-refractivity contribution in [3.05, 3.63) is 41.7 Å². The summed E-state index contributed by atoms with van der Waals surface area (Å²) in [5, 5.41) is 2.99. The number of carbonyl (C=O) groups excluding carboxylic acids is 2. The first-order chi connectivity index (χ1) is 15.2. The van der Waals surface area contributed by atoms with Crippen LogP contribution in [-0.4, -0.2) is 58.6 Å². The number of hydrogen-bond acceptors (Lipinski definition) is 7. The van der Waals surface area contributed by atoms with Crippen LogP contribution in [0, 0.1) is 6.92 Å². The van der Waals surface area contributed by atoms with Crippen LogP contribution in [-0.2, 0) is 4.74 Å². The molecular formula is C21H25F2N5O4. The van der Waals surface area contributed by atoms with E-state index >= 15 is 0 Å². The van der Waals surface area contributed by atoms with Crippen LogP contribution in [0.1, 0.15) is 35.8 Å². The lowest BCUT2D eigenvalue weighted by atomic mass is 9.98. The number of rotatable bonds is 7. The number of aromatic nitrogens is 2. The van der Waals surface area contributed by atoms with E-state index in [1.807, 2.05) is 6.92 Å². The fraction of sp³-hybridized carbons (Fsp3) is 0.429. The number of alkyl halides is 2. The van der Waals surface area contributed by atoms with Gasteiger partial charge in [0, 0.05) is 18.7 Å². The topological polar surface area (TPSA) is 120 Å². The largest absolute Gasteiger partial charge is 0.494 e. The number of amides is 2. The van der Waals surface area contributed by atoms with Crippen molar-refractivity contribution < 1.29 is 27.8 Å². The number of nitrogens with two attached hydrogens (primary N) is 1. The Hall–Kier alpha value is -3.50. The van der Waals surface area contributed by atoms with Crippen LogP contribution in [0.2, 0.25) is 0 Å². The van der Waals surface area contributed by atoms with Crippen molar-refractivity contribution >= 4 is 23.6 Å². The molecule has 0 saturated carbocycles. The summed E-state index contributed by atoms with van der Waals surface area (Å²) in [5.41, 5.74) is 5.52. The van der Waals surface area contributed by atoms with Gasteiger partial charge in [-0.25, -0.2) is 23.5 Å². The highest BCUT2D eigenvalue weighted by molar-refractivity contribution is 5.94. The summed E-state index contributed by atoms with van der Waals surface area (Å²) in [6.45, 7) is 2.96. The lowest BCUT2D eigenvalue weighted by molar-refractivity contribution is -0.0789. The lowest BCUT2D eigenvalue weighted by Gasteiger charge is -2.39. The highest BCUT2D eigenvalue weighted by Gasteiger charge is 2.43. The van der Waals surface area contributed by atoms with E-state index in [1.54, 1.807) is 37.4 Å². The molecule has 2 aromatic heterocycles. The fourth-order valence-electron chi connectivity index (χ4n) is 3.40. The van der Waals surface area contributed by atoms with Crippen LogP contribution < -0.4 is 15.8 Å². The van der Waals surface area contributed by atoms with Gasteiger partial charge in [-0.2, -0.15) is 0 Å². The van der Waals surface area contributed by atoms with Gasteiger partial charge in [0.1, 0.15) is 29.7 Å². The highest BCUT2D eigenvalue weighted by Crippen LogP contribution is 2.32. The Kier molecular flexibility index (Phi) is 7.06. The van der Waals surface area contributed by atoms with E-state index in [0.29, 0.717) is 29.6 Å². The number of piperidine rings is 1. The van der Waals surface area contributed by atoms with Crippen molar-refractivity contribution in [1.82, 2.24) is 14.9 Å². The monoisotopic (exact) mass is 449 g/mol. The van der Waals surface area contributed by atoms with Crippen molar-refractivity contribution in [2.75, 3.05) is 25.1 Å².